The molecule has 114 valence electrons. The highest BCUT2D eigenvalue weighted by Crippen LogP contribution is 2.22. The van der Waals surface area contributed by atoms with Gasteiger partial charge in [-0.05, 0) is 55.5 Å². The molecule has 0 atom stereocenters. The Kier molecular flexibility index (Phi) is 7.08. The van der Waals surface area contributed by atoms with Crippen molar-refractivity contribution in [3.05, 3.63) is 29.3 Å². The van der Waals surface area contributed by atoms with Crippen molar-refractivity contribution in [2.24, 2.45) is 5.92 Å². The van der Waals surface area contributed by atoms with Crippen molar-refractivity contribution in [1.82, 2.24) is 5.32 Å². The molecule has 0 saturated heterocycles. The van der Waals surface area contributed by atoms with E-state index in [2.05, 4.69) is 70.1 Å². The molecule has 1 rings (SSSR count). The Bertz CT molecular complexity index is 394. The number of nitrogens with one attached hydrogen (secondary N) is 1. The smallest absolute Gasteiger partial charge is 0.0368 e. The SMILES string of the molecule is CCC(CC)N(C)c1ccc(CNCC(C)C)c(C)c1. The van der Waals surface area contributed by atoms with Gasteiger partial charge in [0.15, 0.2) is 0 Å². The predicted molar refractivity (Wildman–Crippen MR) is 90.5 cm³/mol. The minimum absolute atomic E-state index is 0.638. The molecule has 1 aromatic carbocycles. The van der Waals surface area contributed by atoms with E-state index < -0.39 is 0 Å². The second-order valence-corrected chi connectivity index (χ2v) is 6.22. The van der Waals surface area contributed by atoms with Gasteiger partial charge in [0, 0.05) is 25.3 Å². The van der Waals surface area contributed by atoms with Crippen LogP contribution in [-0.2, 0) is 6.54 Å². The third-order valence-corrected chi connectivity index (χ3v) is 4.09. The average Bonchev–Trinajstić information content (AvgIpc) is 2.41. The first kappa shape index (κ1) is 17.0. The van der Waals surface area contributed by atoms with Crippen LogP contribution in [0, 0.1) is 12.8 Å². The molecule has 0 fully saturated rings. The van der Waals surface area contributed by atoms with Crippen LogP contribution >= 0.6 is 0 Å². The van der Waals surface area contributed by atoms with Crippen LogP contribution in [0.15, 0.2) is 18.2 Å². The van der Waals surface area contributed by atoms with Gasteiger partial charge in [-0.15, -0.1) is 0 Å². The number of rotatable bonds is 8. The predicted octanol–water partition coefficient (Wildman–Crippen LogP) is 4.37. The number of aryl methyl sites for hydroxylation is 1. The highest BCUT2D eigenvalue weighted by Gasteiger charge is 2.12. The van der Waals surface area contributed by atoms with E-state index in [4.69, 9.17) is 0 Å². The lowest BCUT2D eigenvalue weighted by molar-refractivity contribution is 0.551. The zero-order valence-corrected chi connectivity index (χ0v) is 14.2. The summed E-state index contributed by atoms with van der Waals surface area (Å²) < 4.78 is 0. The summed E-state index contributed by atoms with van der Waals surface area (Å²) in [7, 11) is 2.21. The Morgan fingerprint density at radius 2 is 1.80 bits per heavy atom. The summed E-state index contributed by atoms with van der Waals surface area (Å²) in [5, 5.41) is 3.52. The van der Waals surface area contributed by atoms with Crippen LogP contribution in [0.25, 0.3) is 0 Å². The fraction of sp³-hybridized carbons (Fsp3) is 0.667. The maximum absolute atomic E-state index is 3.52. The van der Waals surface area contributed by atoms with E-state index in [1.54, 1.807) is 0 Å². The first-order valence-electron chi connectivity index (χ1n) is 8.02. The maximum atomic E-state index is 3.52. The minimum atomic E-state index is 0.638. The molecule has 0 heterocycles. The molecular weight excluding hydrogens is 244 g/mol. The third kappa shape index (κ3) is 4.82. The van der Waals surface area contributed by atoms with Crippen molar-refractivity contribution in [3.8, 4) is 0 Å². The molecule has 2 heteroatoms. The zero-order chi connectivity index (χ0) is 15.1. The number of hydrogen-bond acceptors (Lipinski definition) is 2. The van der Waals surface area contributed by atoms with Crippen LogP contribution in [0.4, 0.5) is 5.69 Å². The van der Waals surface area contributed by atoms with Gasteiger partial charge in [-0.2, -0.15) is 0 Å². The van der Waals surface area contributed by atoms with Crippen LogP contribution in [0.1, 0.15) is 51.7 Å². The molecule has 1 aromatic rings. The van der Waals surface area contributed by atoms with Crippen molar-refractivity contribution in [2.75, 3.05) is 18.5 Å². The summed E-state index contributed by atoms with van der Waals surface area (Å²) in [4.78, 5) is 2.42. The first-order valence-corrected chi connectivity index (χ1v) is 8.02. The van der Waals surface area contributed by atoms with Crippen LogP contribution in [0.2, 0.25) is 0 Å². The Balaban J connectivity index is 2.72. The quantitative estimate of drug-likeness (QED) is 0.758. The van der Waals surface area contributed by atoms with Crippen molar-refractivity contribution < 1.29 is 0 Å². The van der Waals surface area contributed by atoms with Gasteiger partial charge >= 0.3 is 0 Å². The summed E-state index contributed by atoms with van der Waals surface area (Å²) in [6.07, 6.45) is 2.40. The van der Waals surface area contributed by atoms with Crippen molar-refractivity contribution >= 4 is 5.69 Å². The molecule has 0 radical (unpaired) electrons. The molecule has 0 amide bonds. The standard InChI is InChI=1S/C18H32N2/c1-7-17(8-2)20(6)18-10-9-16(15(5)11-18)13-19-12-14(3)4/h9-11,14,17,19H,7-8,12-13H2,1-6H3. The molecule has 2 nitrogen and oxygen atoms in total. The number of anilines is 1. The molecule has 0 aliphatic heterocycles. The fourth-order valence-corrected chi connectivity index (χ4v) is 2.64. The summed E-state index contributed by atoms with van der Waals surface area (Å²) in [5.41, 5.74) is 4.13. The summed E-state index contributed by atoms with van der Waals surface area (Å²) in [6, 6.07) is 7.50. The minimum Gasteiger partial charge on any atom is -0.372 e. The molecule has 20 heavy (non-hydrogen) atoms. The summed E-state index contributed by atoms with van der Waals surface area (Å²) in [5.74, 6) is 0.704. The largest absolute Gasteiger partial charge is 0.372 e. The molecule has 0 saturated carbocycles. The lowest BCUT2D eigenvalue weighted by Crippen LogP contribution is -2.30. The first-order chi connectivity index (χ1) is 9.49. The van der Waals surface area contributed by atoms with Crippen LogP contribution in [-0.4, -0.2) is 19.6 Å². The Hall–Kier alpha value is -1.02. The van der Waals surface area contributed by atoms with Gasteiger partial charge in [0.05, 0.1) is 0 Å². The molecular formula is C18H32N2. The molecule has 0 spiro atoms. The summed E-state index contributed by atoms with van der Waals surface area (Å²) in [6.45, 7) is 13.3. The van der Waals surface area contributed by atoms with Gasteiger partial charge in [0.2, 0.25) is 0 Å². The van der Waals surface area contributed by atoms with Crippen LogP contribution in [0.5, 0.6) is 0 Å². The molecule has 0 unspecified atom stereocenters. The maximum Gasteiger partial charge on any atom is 0.0368 e. The molecule has 0 aliphatic rings. The van der Waals surface area contributed by atoms with Gasteiger partial charge in [-0.3, -0.25) is 0 Å². The van der Waals surface area contributed by atoms with Crippen LogP contribution < -0.4 is 10.2 Å². The lowest BCUT2D eigenvalue weighted by atomic mass is 10.1. The van der Waals surface area contributed by atoms with Gasteiger partial charge in [-0.25, -0.2) is 0 Å². The van der Waals surface area contributed by atoms with Crippen molar-refractivity contribution in [1.29, 1.82) is 0 Å². The highest BCUT2D eigenvalue weighted by atomic mass is 15.1. The van der Waals surface area contributed by atoms with Crippen molar-refractivity contribution in [2.45, 2.75) is 60.0 Å². The highest BCUT2D eigenvalue weighted by molar-refractivity contribution is 5.51. The zero-order valence-electron chi connectivity index (χ0n) is 14.2. The van der Waals surface area contributed by atoms with E-state index in [9.17, 15) is 0 Å². The topological polar surface area (TPSA) is 15.3 Å². The number of hydrogen-bond donors (Lipinski definition) is 1. The average molecular weight is 276 g/mol. The lowest BCUT2D eigenvalue weighted by Gasteiger charge is -2.29. The second-order valence-electron chi connectivity index (χ2n) is 6.22. The number of benzene rings is 1. The summed E-state index contributed by atoms with van der Waals surface area (Å²) >= 11 is 0. The monoisotopic (exact) mass is 276 g/mol. The van der Waals surface area contributed by atoms with E-state index in [-0.39, 0.29) is 0 Å². The van der Waals surface area contributed by atoms with E-state index in [0.717, 1.165) is 13.1 Å². The van der Waals surface area contributed by atoms with Gasteiger partial charge in [-0.1, -0.05) is 33.8 Å². The van der Waals surface area contributed by atoms with Gasteiger partial charge < -0.3 is 10.2 Å². The van der Waals surface area contributed by atoms with E-state index >= 15 is 0 Å². The van der Waals surface area contributed by atoms with E-state index in [1.807, 2.05) is 0 Å². The Labute approximate surface area is 125 Å². The molecule has 1 N–H and O–H groups in total. The number of nitrogens with zero attached hydrogens (tertiary/aromatic N) is 1. The van der Waals surface area contributed by atoms with Gasteiger partial charge in [0.1, 0.15) is 0 Å². The molecule has 0 bridgehead atoms. The Morgan fingerprint density at radius 1 is 1.15 bits per heavy atom. The van der Waals surface area contributed by atoms with E-state index in [1.165, 1.54) is 29.7 Å². The fourth-order valence-electron chi connectivity index (χ4n) is 2.64. The Morgan fingerprint density at radius 3 is 2.30 bits per heavy atom. The third-order valence-electron chi connectivity index (χ3n) is 4.09. The molecule has 0 aromatic heterocycles. The normalized spacial score (nSPS) is 11.4. The molecule has 0 aliphatic carbocycles. The van der Waals surface area contributed by atoms with Gasteiger partial charge in [0.25, 0.3) is 0 Å². The van der Waals surface area contributed by atoms with Crippen molar-refractivity contribution in [3.63, 3.8) is 0 Å². The van der Waals surface area contributed by atoms with Crippen LogP contribution in [0.3, 0.4) is 0 Å². The second kappa shape index (κ2) is 8.31. The van der Waals surface area contributed by atoms with E-state index in [0.29, 0.717) is 12.0 Å².